The SMILES string of the molecule is O=C1CCC(N2C(=O)c3cc(OCC(=O)Oc4c(F)c(F)c(F)c(F)c4F)ccc3C2O)C(=O)N1. The summed E-state index contributed by atoms with van der Waals surface area (Å²) >= 11 is 0. The Kier molecular flexibility index (Phi) is 6.15. The Labute approximate surface area is 192 Å². The lowest BCUT2D eigenvalue weighted by atomic mass is 10.0. The van der Waals surface area contributed by atoms with Gasteiger partial charge in [0.25, 0.3) is 5.91 Å². The number of benzene rings is 2. The van der Waals surface area contributed by atoms with Crippen LogP contribution in [0.3, 0.4) is 0 Å². The van der Waals surface area contributed by atoms with Crippen LogP contribution >= 0.6 is 0 Å². The number of amides is 3. The Morgan fingerprint density at radius 3 is 2.29 bits per heavy atom. The van der Waals surface area contributed by atoms with E-state index in [1.165, 1.54) is 12.1 Å². The monoisotopic (exact) mass is 500 g/mol. The Balaban J connectivity index is 1.46. The van der Waals surface area contributed by atoms with Crippen LogP contribution in [0.4, 0.5) is 22.0 Å². The summed E-state index contributed by atoms with van der Waals surface area (Å²) in [7, 11) is 0. The lowest BCUT2D eigenvalue weighted by Crippen LogP contribution is -2.53. The molecule has 2 heterocycles. The molecule has 2 aliphatic rings. The van der Waals surface area contributed by atoms with Gasteiger partial charge in [0.1, 0.15) is 11.8 Å². The molecule has 2 unspecified atom stereocenters. The van der Waals surface area contributed by atoms with Crippen LogP contribution < -0.4 is 14.8 Å². The number of aliphatic hydroxyl groups excluding tert-OH is 1. The van der Waals surface area contributed by atoms with E-state index in [4.69, 9.17) is 4.74 Å². The summed E-state index contributed by atoms with van der Waals surface area (Å²) in [5.41, 5.74) is 0.0175. The van der Waals surface area contributed by atoms with Crippen LogP contribution in [0.25, 0.3) is 0 Å². The number of carbonyl (C=O) groups excluding carboxylic acids is 4. The van der Waals surface area contributed by atoms with Crippen LogP contribution in [-0.2, 0) is 14.4 Å². The zero-order valence-electron chi connectivity index (χ0n) is 17.2. The number of ether oxygens (including phenoxy) is 2. The molecule has 2 N–H and O–H groups in total. The number of rotatable bonds is 5. The maximum absolute atomic E-state index is 13.6. The van der Waals surface area contributed by atoms with Crippen molar-refractivity contribution in [2.45, 2.75) is 25.1 Å². The van der Waals surface area contributed by atoms with E-state index >= 15 is 0 Å². The van der Waals surface area contributed by atoms with Gasteiger partial charge in [-0.15, -0.1) is 0 Å². The van der Waals surface area contributed by atoms with Crippen molar-refractivity contribution in [3.8, 4) is 11.5 Å². The van der Waals surface area contributed by atoms with Crippen LogP contribution in [0.15, 0.2) is 18.2 Å². The predicted molar refractivity (Wildman–Crippen MR) is 101 cm³/mol. The summed E-state index contributed by atoms with van der Waals surface area (Å²) in [6, 6.07) is 2.48. The smallest absolute Gasteiger partial charge is 0.349 e. The molecule has 2 atom stereocenters. The van der Waals surface area contributed by atoms with Gasteiger partial charge in [0.15, 0.2) is 12.8 Å². The molecule has 184 valence electrons. The van der Waals surface area contributed by atoms with Gasteiger partial charge in [0.05, 0.1) is 5.56 Å². The molecule has 2 aromatic carbocycles. The average Bonchev–Trinajstić information content (AvgIpc) is 3.07. The number of imide groups is 1. The first-order valence-corrected chi connectivity index (χ1v) is 9.84. The molecule has 0 spiro atoms. The molecular weight excluding hydrogens is 487 g/mol. The Bertz CT molecular complexity index is 1260. The van der Waals surface area contributed by atoms with Gasteiger partial charge >= 0.3 is 5.97 Å². The lowest BCUT2D eigenvalue weighted by Gasteiger charge is -2.31. The van der Waals surface area contributed by atoms with Gasteiger partial charge in [-0.1, -0.05) is 6.07 Å². The summed E-state index contributed by atoms with van der Waals surface area (Å²) < 4.78 is 76.1. The zero-order chi connectivity index (χ0) is 25.6. The Morgan fingerprint density at radius 2 is 1.66 bits per heavy atom. The van der Waals surface area contributed by atoms with Crippen molar-refractivity contribution in [2.24, 2.45) is 0 Å². The first kappa shape index (κ1) is 24.1. The minimum Gasteiger partial charge on any atom is -0.482 e. The van der Waals surface area contributed by atoms with Crippen LogP contribution in [0.1, 0.15) is 35.0 Å². The molecule has 0 bridgehead atoms. The van der Waals surface area contributed by atoms with Crippen molar-refractivity contribution in [1.29, 1.82) is 0 Å². The second-order valence-corrected chi connectivity index (χ2v) is 7.46. The topological polar surface area (TPSA) is 122 Å². The molecule has 3 amide bonds. The first-order chi connectivity index (χ1) is 16.5. The van der Waals surface area contributed by atoms with Crippen molar-refractivity contribution in [1.82, 2.24) is 10.2 Å². The molecule has 4 rings (SSSR count). The van der Waals surface area contributed by atoms with Gasteiger partial charge in [0.2, 0.25) is 46.6 Å². The van der Waals surface area contributed by atoms with Crippen molar-refractivity contribution in [2.75, 3.05) is 6.61 Å². The quantitative estimate of drug-likeness (QED) is 0.160. The van der Waals surface area contributed by atoms with E-state index in [1.807, 2.05) is 0 Å². The third-order valence-electron chi connectivity index (χ3n) is 5.32. The third kappa shape index (κ3) is 4.16. The number of halogens is 5. The standard InChI is InChI=1S/C21H13F5N2O7/c22-13-14(23)16(25)18(17(26)15(13)24)35-12(30)6-34-7-1-2-8-9(5-7)21(33)28(20(8)32)10-3-4-11(29)27-19(10)31/h1-2,5,10,20,32H,3-4,6H2,(H,27,29,31). The summed E-state index contributed by atoms with van der Waals surface area (Å²) in [6.07, 6.45) is -1.55. The van der Waals surface area contributed by atoms with E-state index in [9.17, 15) is 46.2 Å². The summed E-state index contributed by atoms with van der Waals surface area (Å²) in [5, 5.41) is 12.6. The minimum absolute atomic E-state index is 0.00561. The van der Waals surface area contributed by atoms with Gasteiger partial charge in [0, 0.05) is 12.0 Å². The molecule has 2 aromatic rings. The summed E-state index contributed by atoms with van der Waals surface area (Å²) in [6.45, 7) is -1.05. The fraction of sp³-hybridized carbons (Fsp3) is 0.238. The molecule has 9 nitrogen and oxygen atoms in total. The van der Waals surface area contributed by atoms with E-state index in [2.05, 4.69) is 10.1 Å². The van der Waals surface area contributed by atoms with Gasteiger partial charge in [-0.2, -0.15) is 8.78 Å². The molecule has 1 fully saturated rings. The molecule has 14 heteroatoms. The van der Waals surface area contributed by atoms with E-state index < -0.39 is 77.4 Å². The molecule has 2 aliphatic heterocycles. The van der Waals surface area contributed by atoms with Crippen LogP contribution in [0.5, 0.6) is 11.5 Å². The van der Waals surface area contributed by atoms with E-state index in [1.54, 1.807) is 0 Å². The van der Waals surface area contributed by atoms with Gasteiger partial charge < -0.3 is 14.6 Å². The number of nitrogens with zero attached hydrogens (tertiary/aromatic N) is 1. The highest BCUT2D eigenvalue weighted by molar-refractivity contribution is 6.05. The molecule has 1 saturated heterocycles. The van der Waals surface area contributed by atoms with Crippen LogP contribution in [-0.4, -0.2) is 46.3 Å². The number of aliphatic hydroxyl groups is 1. The minimum atomic E-state index is -2.42. The van der Waals surface area contributed by atoms with Crippen molar-refractivity contribution in [3.05, 3.63) is 58.4 Å². The fourth-order valence-electron chi connectivity index (χ4n) is 3.65. The summed E-state index contributed by atoms with van der Waals surface area (Å²) in [5.74, 6) is -17.2. The third-order valence-corrected chi connectivity index (χ3v) is 5.32. The molecule has 0 aliphatic carbocycles. The molecule has 0 saturated carbocycles. The Morgan fingerprint density at radius 1 is 1.03 bits per heavy atom. The fourth-order valence-corrected chi connectivity index (χ4v) is 3.65. The number of fused-ring (bicyclic) bond motifs is 1. The maximum Gasteiger partial charge on any atom is 0.349 e. The number of piperidine rings is 1. The largest absolute Gasteiger partial charge is 0.482 e. The number of carbonyl (C=O) groups is 4. The predicted octanol–water partition coefficient (Wildman–Crippen LogP) is 1.62. The van der Waals surface area contributed by atoms with E-state index in [-0.39, 0.29) is 29.7 Å². The van der Waals surface area contributed by atoms with Gasteiger partial charge in [-0.05, 0) is 18.6 Å². The van der Waals surface area contributed by atoms with Gasteiger partial charge in [-0.25, -0.2) is 18.0 Å². The molecule has 0 radical (unpaired) electrons. The van der Waals surface area contributed by atoms with Crippen LogP contribution in [0, 0.1) is 29.1 Å². The van der Waals surface area contributed by atoms with Crippen molar-refractivity contribution < 1.29 is 55.7 Å². The normalized spacial score (nSPS) is 19.5. The second-order valence-electron chi connectivity index (χ2n) is 7.46. The number of nitrogens with one attached hydrogen (secondary N) is 1. The highest BCUT2D eigenvalue weighted by Gasteiger charge is 2.44. The average molecular weight is 500 g/mol. The lowest BCUT2D eigenvalue weighted by molar-refractivity contribution is -0.140. The Hall–Kier alpha value is -4.07. The highest BCUT2D eigenvalue weighted by atomic mass is 19.2. The molecule has 35 heavy (non-hydrogen) atoms. The van der Waals surface area contributed by atoms with Crippen molar-refractivity contribution >= 4 is 23.7 Å². The molecular formula is C21H13F5N2O7. The number of hydrogen-bond donors (Lipinski definition) is 2. The highest BCUT2D eigenvalue weighted by Crippen LogP contribution is 2.37. The van der Waals surface area contributed by atoms with Crippen molar-refractivity contribution in [3.63, 3.8) is 0 Å². The number of esters is 1. The second kappa shape index (κ2) is 8.94. The summed E-state index contributed by atoms with van der Waals surface area (Å²) in [4.78, 5) is 49.0. The molecule has 0 aromatic heterocycles. The first-order valence-electron chi connectivity index (χ1n) is 9.84. The maximum atomic E-state index is 13.6. The zero-order valence-corrected chi connectivity index (χ0v) is 17.2. The van der Waals surface area contributed by atoms with Gasteiger partial charge in [-0.3, -0.25) is 24.6 Å². The number of hydrogen-bond acceptors (Lipinski definition) is 7. The van der Waals surface area contributed by atoms with E-state index in [0.29, 0.717) is 0 Å². The van der Waals surface area contributed by atoms with E-state index in [0.717, 1.165) is 11.0 Å². The van der Waals surface area contributed by atoms with Crippen LogP contribution in [0.2, 0.25) is 0 Å².